The van der Waals surface area contributed by atoms with Gasteiger partial charge in [0.15, 0.2) is 0 Å². The molecule has 1 heterocycles. The Morgan fingerprint density at radius 3 is 2.58 bits per heavy atom. The molecule has 31 heavy (non-hydrogen) atoms. The number of nitrogens with one attached hydrogen (secondary N) is 2. The van der Waals surface area contributed by atoms with E-state index in [4.69, 9.17) is 9.72 Å². The number of rotatable bonds is 7. The monoisotopic (exact) mass is 419 g/mol. The van der Waals surface area contributed by atoms with Gasteiger partial charge in [-0.3, -0.25) is 4.79 Å². The SMILES string of the molecule is COc1ccc(CCNC(=O)c2cc(NC3CCC(O)CC3)nc3ccccc23)cc1. The lowest BCUT2D eigenvalue weighted by Crippen LogP contribution is -2.29. The average molecular weight is 420 g/mol. The number of carbonyl (C=O) groups is 1. The number of hydrogen-bond acceptors (Lipinski definition) is 5. The van der Waals surface area contributed by atoms with Gasteiger partial charge in [-0.05, 0) is 61.9 Å². The Labute approximate surface area is 182 Å². The molecule has 1 fully saturated rings. The molecule has 0 spiro atoms. The number of methoxy groups -OCH3 is 1. The van der Waals surface area contributed by atoms with Crippen LogP contribution < -0.4 is 15.4 Å². The fourth-order valence-electron chi connectivity index (χ4n) is 4.07. The number of hydrogen-bond donors (Lipinski definition) is 3. The zero-order valence-corrected chi connectivity index (χ0v) is 17.8. The highest BCUT2D eigenvalue weighted by Crippen LogP contribution is 2.25. The van der Waals surface area contributed by atoms with E-state index in [1.165, 1.54) is 0 Å². The first-order valence-corrected chi connectivity index (χ1v) is 10.9. The Hall–Kier alpha value is -3.12. The van der Waals surface area contributed by atoms with Crippen LogP contribution in [0.1, 0.15) is 41.6 Å². The number of pyridine rings is 1. The molecule has 0 saturated heterocycles. The van der Waals surface area contributed by atoms with Gasteiger partial charge in [0.25, 0.3) is 5.91 Å². The quantitative estimate of drug-likeness (QED) is 0.540. The maximum absolute atomic E-state index is 13.0. The predicted molar refractivity (Wildman–Crippen MR) is 123 cm³/mol. The Morgan fingerprint density at radius 2 is 1.84 bits per heavy atom. The van der Waals surface area contributed by atoms with Crippen LogP contribution in [0.3, 0.4) is 0 Å². The molecule has 6 heteroatoms. The van der Waals surface area contributed by atoms with Crippen LogP contribution in [0.15, 0.2) is 54.6 Å². The lowest BCUT2D eigenvalue weighted by Gasteiger charge is -2.26. The summed E-state index contributed by atoms with van der Waals surface area (Å²) in [4.78, 5) is 17.7. The third kappa shape index (κ3) is 5.33. The molecule has 1 aromatic heterocycles. The van der Waals surface area contributed by atoms with Crippen LogP contribution in [0.4, 0.5) is 5.82 Å². The van der Waals surface area contributed by atoms with Gasteiger partial charge in [0, 0.05) is 18.0 Å². The maximum Gasteiger partial charge on any atom is 0.252 e. The van der Waals surface area contributed by atoms with E-state index < -0.39 is 0 Å². The number of fused-ring (bicyclic) bond motifs is 1. The molecule has 1 aliphatic carbocycles. The minimum atomic E-state index is -0.199. The van der Waals surface area contributed by atoms with Crippen LogP contribution in [-0.4, -0.2) is 41.8 Å². The number of benzene rings is 2. The number of para-hydroxylation sites is 1. The molecule has 0 atom stereocenters. The third-order valence-corrected chi connectivity index (χ3v) is 5.87. The van der Waals surface area contributed by atoms with Crippen LogP contribution >= 0.6 is 0 Å². The van der Waals surface area contributed by atoms with Crippen molar-refractivity contribution in [2.75, 3.05) is 19.0 Å². The van der Waals surface area contributed by atoms with Gasteiger partial charge in [0.05, 0.1) is 24.3 Å². The number of aromatic nitrogens is 1. The van der Waals surface area contributed by atoms with E-state index >= 15 is 0 Å². The highest BCUT2D eigenvalue weighted by atomic mass is 16.5. The molecule has 3 N–H and O–H groups in total. The molecule has 3 aromatic rings. The largest absolute Gasteiger partial charge is 0.497 e. The first kappa shape index (κ1) is 21.1. The van der Waals surface area contributed by atoms with E-state index in [1.807, 2.05) is 54.6 Å². The lowest BCUT2D eigenvalue weighted by molar-refractivity contribution is 0.0955. The summed E-state index contributed by atoms with van der Waals surface area (Å²) in [6.45, 7) is 0.547. The van der Waals surface area contributed by atoms with Gasteiger partial charge in [0.2, 0.25) is 0 Å². The van der Waals surface area contributed by atoms with E-state index in [-0.39, 0.29) is 18.1 Å². The number of nitrogens with zero attached hydrogens (tertiary/aromatic N) is 1. The zero-order chi connectivity index (χ0) is 21.6. The molecule has 1 aliphatic rings. The first-order valence-electron chi connectivity index (χ1n) is 10.9. The fourth-order valence-corrected chi connectivity index (χ4v) is 4.07. The smallest absolute Gasteiger partial charge is 0.252 e. The van der Waals surface area contributed by atoms with Crippen molar-refractivity contribution in [3.63, 3.8) is 0 Å². The second-order valence-corrected chi connectivity index (χ2v) is 8.08. The van der Waals surface area contributed by atoms with Crippen molar-refractivity contribution in [1.29, 1.82) is 0 Å². The minimum absolute atomic E-state index is 0.103. The second kappa shape index (κ2) is 9.79. The zero-order valence-electron chi connectivity index (χ0n) is 17.8. The molecule has 0 radical (unpaired) electrons. The third-order valence-electron chi connectivity index (χ3n) is 5.87. The van der Waals surface area contributed by atoms with Crippen LogP contribution in [0.25, 0.3) is 10.9 Å². The van der Waals surface area contributed by atoms with Crippen molar-refractivity contribution < 1.29 is 14.6 Å². The first-order chi connectivity index (χ1) is 15.1. The summed E-state index contributed by atoms with van der Waals surface area (Å²) in [6.07, 6.45) is 3.94. The van der Waals surface area contributed by atoms with Gasteiger partial charge < -0.3 is 20.5 Å². The van der Waals surface area contributed by atoms with Crippen LogP contribution in [0.5, 0.6) is 5.75 Å². The van der Waals surface area contributed by atoms with Crippen LogP contribution in [0.2, 0.25) is 0 Å². The van der Waals surface area contributed by atoms with Gasteiger partial charge in [-0.25, -0.2) is 4.98 Å². The van der Waals surface area contributed by atoms with E-state index in [0.717, 1.165) is 54.3 Å². The Balaban J connectivity index is 1.46. The van der Waals surface area contributed by atoms with Gasteiger partial charge in [-0.1, -0.05) is 30.3 Å². The fraction of sp³-hybridized carbons (Fsp3) is 0.360. The molecule has 0 bridgehead atoms. The van der Waals surface area contributed by atoms with Crippen molar-refractivity contribution in [3.8, 4) is 5.75 Å². The number of anilines is 1. The van der Waals surface area contributed by atoms with Crippen molar-refractivity contribution >= 4 is 22.6 Å². The van der Waals surface area contributed by atoms with Crippen LogP contribution in [-0.2, 0) is 6.42 Å². The van der Waals surface area contributed by atoms with Gasteiger partial charge in [-0.15, -0.1) is 0 Å². The highest BCUT2D eigenvalue weighted by Gasteiger charge is 2.20. The molecular weight excluding hydrogens is 390 g/mol. The van der Waals surface area contributed by atoms with E-state index in [1.54, 1.807) is 7.11 Å². The highest BCUT2D eigenvalue weighted by molar-refractivity contribution is 6.07. The predicted octanol–water partition coefficient (Wildman–Crippen LogP) is 3.93. The van der Waals surface area contributed by atoms with Gasteiger partial charge in [0.1, 0.15) is 11.6 Å². The number of amides is 1. The standard InChI is InChI=1S/C25H29N3O3/c1-31-20-12-6-17(7-13-20)14-15-26-25(30)22-16-24(27-18-8-10-19(29)11-9-18)28-23-5-3-2-4-21(22)23/h2-7,12-13,16,18-19,29H,8-11,14-15H2,1H3,(H,26,30)(H,27,28). The Morgan fingerprint density at radius 1 is 1.10 bits per heavy atom. The van der Waals surface area contributed by atoms with Crippen LogP contribution in [0, 0.1) is 0 Å². The molecular formula is C25H29N3O3. The summed E-state index contributed by atoms with van der Waals surface area (Å²) in [5.74, 6) is 1.43. The second-order valence-electron chi connectivity index (χ2n) is 8.08. The summed E-state index contributed by atoms with van der Waals surface area (Å²) >= 11 is 0. The molecule has 1 saturated carbocycles. The number of ether oxygens (including phenoxy) is 1. The van der Waals surface area contributed by atoms with E-state index in [9.17, 15) is 9.90 Å². The molecule has 6 nitrogen and oxygen atoms in total. The molecule has 0 unspecified atom stereocenters. The lowest BCUT2D eigenvalue weighted by atomic mass is 9.93. The van der Waals surface area contributed by atoms with E-state index in [0.29, 0.717) is 17.9 Å². The number of aliphatic hydroxyl groups excluding tert-OH is 1. The number of aliphatic hydroxyl groups is 1. The summed E-state index contributed by atoms with van der Waals surface area (Å²) in [6, 6.07) is 17.7. The van der Waals surface area contributed by atoms with Gasteiger partial charge in [-0.2, -0.15) is 0 Å². The average Bonchev–Trinajstić information content (AvgIpc) is 2.80. The Bertz CT molecular complexity index is 1030. The molecule has 2 aromatic carbocycles. The summed E-state index contributed by atoms with van der Waals surface area (Å²) in [5, 5.41) is 17.1. The van der Waals surface area contributed by atoms with E-state index in [2.05, 4.69) is 10.6 Å². The summed E-state index contributed by atoms with van der Waals surface area (Å²) in [7, 11) is 1.65. The molecule has 162 valence electrons. The normalized spacial score (nSPS) is 18.5. The van der Waals surface area contributed by atoms with Crippen molar-refractivity contribution in [1.82, 2.24) is 10.3 Å². The molecule has 0 aliphatic heterocycles. The number of carbonyl (C=O) groups excluding carboxylic acids is 1. The van der Waals surface area contributed by atoms with Crippen molar-refractivity contribution in [3.05, 3.63) is 65.7 Å². The Kier molecular flexibility index (Phi) is 6.67. The van der Waals surface area contributed by atoms with Crippen molar-refractivity contribution in [2.24, 2.45) is 0 Å². The minimum Gasteiger partial charge on any atom is -0.497 e. The maximum atomic E-state index is 13.0. The molecule has 4 rings (SSSR count). The topological polar surface area (TPSA) is 83.5 Å². The van der Waals surface area contributed by atoms with Crippen molar-refractivity contribution in [2.45, 2.75) is 44.2 Å². The summed E-state index contributed by atoms with van der Waals surface area (Å²) in [5.41, 5.74) is 2.56. The molecule has 1 amide bonds. The summed E-state index contributed by atoms with van der Waals surface area (Å²) < 4.78 is 5.19. The van der Waals surface area contributed by atoms with Gasteiger partial charge >= 0.3 is 0 Å².